The third-order valence-corrected chi connectivity index (χ3v) is 4.67. The highest BCUT2D eigenvalue weighted by atomic mass is 16.6. The van der Waals surface area contributed by atoms with Crippen LogP contribution in [0.2, 0.25) is 0 Å². The fraction of sp³-hybridized carbons (Fsp3) is 0.882. The van der Waals surface area contributed by atoms with Gasteiger partial charge in [-0.1, -0.05) is 13.8 Å². The van der Waals surface area contributed by atoms with Crippen LogP contribution in [0.5, 0.6) is 0 Å². The van der Waals surface area contributed by atoms with E-state index in [1.165, 1.54) is 6.42 Å². The van der Waals surface area contributed by atoms with Gasteiger partial charge in [0.25, 0.3) is 0 Å². The molecule has 6 heteroatoms. The number of aliphatic imine (C=N–C) groups is 1. The summed E-state index contributed by atoms with van der Waals surface area (Å²) in [5.41, 5.74) is -0.410. The number of hydrogen-bond donors (Lipinski definition) is 2. The average molecular weight is 325 g/mol. The highest BCUT2D eigenvalue weighted by Crippen LogP contribution is 2.51. The Morgan fingerprint density at radius 2 is 2.09 bits per heavy atom. The lowest BCUT2D eigenvalue weighted by Crippen LogP contribution is -2.71. The maximum absolute atomic E-state index is 11.8. The molecule has 2 aliphatic rings. The van der Waals surface area contributed by atoms with Crippen LogP contribution in [-0.2, 0) is 14.3 Å². The van der Waals surface area contributed by atoms with Crippen LogP contribution in [0.25, 0.3) is 0 Å². The van der Waals surface area contributed by atoms with Gasteiger partial charge in [0, 0.05) is 31.0 Å². The summed E-state index contributed by atoms with van der Waals surface area (Å²) in [5.74, 6) is 0.865. The molecule has 1 aliphatic heterocycles. The van der Waals surface area contributed by atoms with Crippen molar-refractivity contribution in [3.8, 4) is 0 Å². The molecule has 0 spiro atoms. The lowest BCUT2D eigenvalue weighted by Gasteiger charge is -2.60. The van der Waals surface area contributed by atoms with Crippen LogP contribution in [0, 0.1) is 11.3 Å². The lowest BCUT2D eigenvalue weighted by molar-refractivity contribution is -0.188. The average Bonchev–Trinajstić information content (AvgIpc) is 2.45. The Bertz CT molecular complexity index is 468. The Labute approximate surface area is 139 Å². The number of guanidine groups is 1. The molecule has 23 heavy (non-hydrogen) atoms. The van der Waals surface area contributed by atoms with Crippen molar-refractivity contribution in [1.82, 2.24) is 10.6 Å². The van der Waals surface area contributed by atoms with E-state index in [1.807, 2.05) is 20.8 Å². The van der Waals surface area contributed by atoms with E-state index in [0.29, 0.717) is 24.0 Å². The van der Waals surface area contributed by atoms with E-state index in [1.54, 1.807) is 7.05 Å². The molecular weight excluding hydrogens is 294 g/mol. The van der Waals surface area contributed by atoms with Gasteiger partial charge in [0.1, 0.15) is 12.1 Å². The minimum absolute atomic E-state index is 0.0641. The molecule has 0 amide bonds. The molecule has 1 saturated carbocycles. The molecule has 2 fully saturated rings. The highest BCUT2D eigenvalue weighted by molar-refractivity contribution is 5.84. The van der Waals surface area contributed by atoms with Crippen molar-refractivity contribution in [1.29, 1.82) is 0 Å². The smallest absolute Gasteiger partial charge is 0.325 e. The molecule has 0 aromatic heterocycles. The van der Waals surface area contributed by atoms with Crippen molar-refractivity contribution >= 4 is 11.9 Å². The van der Waals surface area contributed by atoms with E-state index >= 15 is 0 Å². The fourth-order valence-corrected chi connectivity index (χ4v) is 3.69. The summed E-state index contributed by atoms with van der Waals surface area (Å²) in [5, 5.41) is 6.51. The van der Waals surface area contributed by atoms with Gasteiger partial charge in [-0.05, 0) is 33.6 Å². The van der Waals surface area contributed by atoms with E-state index < -0.39 is 5.60 Å². The standard InChI is InChI=1S/C17H31N3O3/c1-16(2,3)23-12(21)10-19-15(18-6)20-13-11-8-7-9-22-14(11)17(13,4)5/h11,13-14H,7-10H2,1-6H3,(H2,18,19,20). The zero-order chi connectivity index (χ0) is 17.3. The first-order valence-electron chi connectivity index (χ1n) is 8.46. The first-order valence-corrected chi connectivity index (χ1v) is 8.46. The quantitative estimate of drug-likeness (QED) is 0.469. The predicted octanol–water partition coefficient (Wildman–Crippen LogP) is 1.70. The van der Waals surface area contributed by atoms with Crippen LogP contribution >= 0.6 is 0 Å². The number of nitrogens with one attached hydrogen (secondary N) is 2. The van der Waals surface area contributed by atoms with E-state index in [0.717, 1.165) is 13.0 Å². The van der Waals surface area contributed by atoms with Gasteiger partial charge in [0.15, 0.2) is 5.96 Å². The summed E-state index contributed by atoms with van der Waals surface area (Å²) in [4.78, 5) is 16.0. The van der Waals surface area contributed by atoms with Gasteiger partial charge in [-0.15, -0.1) is 0 Å². The van der Waals surface area contributed by atoms with Crippen molar-refractivity contribution < 1.29 is 14.3 Å². The van der Waals surface area contributed by atoms with Gasteiger partial charge in [0.2, 0.25) is 0 Å². The molecule has 3 atom stereocenters. The first kappa shape index (κ1) is 18.0. The molecule has 132 valence electrons. The third kappa shape index (κ3) is 4.16. The SMILES string of the molecule is CN=C(NCC(=O)OC(C)(C)C)NC1C2CCCOC2C1(C)C. The van der Waals surface area contributed by atoms with E-state index in [9.17, 15) is 4.79 Å². The normalized spacial score (nSPS) is 30.0. The second-order valence-electron chi connectivity index (χ2n) is 8.05. The van der Waals surface area contributed by atoms with Gasteiger partial charge < -0.3 is 20.1 Å². The number of carbonyl (C=O) groups is 1. The summed E-state index contributed by atoms with van der Waals surface area (Å²) >= 11 is 0. The maximum Gasteiger partial charge on any atom is 0.325 e. The molecule has 1 heterocycles. The zero-order valence-electron chi connectivity index (χ0n) is 15.2. The minimum atomic E-state index is -0.474. The lowest BCUT2D eigenvalue weighted by atomic mass is 9.55. The van der Waals surface area contributed by atoms with Crippen LogP contribution in [0.3, 0.4) is 0 Å². The summed E-state index contributed by atoms with van der Waals surface area (Å²) in [6, 6.07) is 0.303. The van der Waals surface area contributed by atoms with Gasteiger partial charge >= 0.3 is 5.97 Å². The van der Waals surface area contributed by atoms with Gasteiger partial charge in [-0.3, -0.25) is 9.79 Å². The summed E-state index contributed by atoms with van der Waals surface area (Å²) in [7, 11) is 1.71. The molecule has 0 radical (unpaired) electrons. The topological polar surface area (TPSA) is 72.0 Å². The molecule has 0 aromatic rings. The van der Waals surface area contributed by atoms with Gasteiger partial charge in [0.05, 0.1) is 6.10 Å². The molecule has 0 bridgehead atoms. The predicted molar refractivity (Wildman–Crippen MR) is 90.4 cm³/mol. The van der Waals surface area contributed by atoms with Gasteiger partial charge in [-0.2, -0.15) is 0 Å². The third-order valence-electron chi connectivity index (χ3n) is 4.67. The highest BCUT2D eigenvalue weighted by Gasteiger charge is 2.58. The summed E-state index contributed by atoms with van der Waals surface area (Å²) in [6.45, 7) is 11.0. The molecule has 1 aliphatic carbocycles. The number of hydrogen-bond acceptors (Lipinski definition) is 4. The van der Waals surface area contributed by atoms with E-state index in [2.05, 4.69) is 29.5 Å². The van der Waals surface area contributed by atoms with Crippen LogP contribution < -0.4 is 10.6 Å². The minimum Gasteiger partial charge on any atom is -0.459 e. The fourth-order valence-electron chi connectivity index (χ4n) is 3.69. The molecule has 3 unspecified atom stereocenters. The molecule has 1 saturated heterocycles. The summed E-state index contributed by atoms with van der Waals surface area (Å²) in [6.07, 6.45) is 2.60. The molecule has 2 N–H and O–H groups in total. The van der Waals surface area contributed by atoms with Crippen molar-refractivity contribution in [3.63, 3.8) is 0 Å². The Balaban J connectivity index is 1.87. The van der Waals surface area contributed by atoms with E-state index in [4.69, 9.17) is 9.47 Å². The molecule has 2 rings (SSSR count). The largest absolute Gasteiger partial charge is 0.459 e. The van der Waals surface area contributed by atoms with Crippen molar-refractivity contribution in [3.05, 3.63) is 0 Å². The second-order valence-corrected chi connectivity index (χ2v) is 8.05. The van der Waals surface area contributed by atoms with Crippen LogP contribution in [-0.4, -0.2) is 49.9 Å². The Kier molecular flexibility index (Phi) is 5.23. The van der Waals surface area contributed by atoms with Crippen molar-refractivity contribution in [2.24, 2.45) is 16.3 Å². The zero-order valence-corrected chi connectivity index (χ0v) is 15.2. The number of carbonyl (C=O) groups excluding carboxylic acids is 1. The molecule has 6 nitrogen and oxygen atoms in total. The first-order chi connectivity index (χ1) is 10.6. The Morgan fingerprint density at radius 3 is 2.70 bits per heavy atom. The number of ether oxygens (including phenoxy) is 2. The molecular formula is C17H31N3O3. The van der Waals surface area contributed by atoms with Crippen LogP contribution in [0.4, 0.5) is 0 Å². The van der Waals surface area contributed by atoms with Crippen LogP contribution in [0.1, 0.15) is 47.5 Å². The monoisotopic (exact) mass is 325 g/mol. The Hall–Kier alpha value is -1.30. The van der Waals surface area contributed by atoms with Crippen molar-refractivity contribution in [2.45, 2.75) is 65.2 Å². The number of nitrogens with zero attached hydrogens (tertiary/aromatic N) is 1. The van der Waals surface area contributed by atoms with Crippen molar-refractivity contribution in [2.75, 3.05) is 20.2 Å². The molecule has 0 aromatic carbocycles. The summed E-state index contributed by atoms with van der Waals surface area (Å²) < 4.78 is 11.2. The van der Waals surface area contributed by atoms with E-state index in [-0.39, 0.29) is 17.9 Å². The maximum atomic E-state index is 11.8. The second kappa shape index (κ2) is 6.67. The number of fused-ring (bicyclic) bond motifs is 1. The Morgan fingerprint density at radius 1 is 1.39 bits per heavy atom. The number of esters is 1. The number of rotatable bonds is 3. The van der Waals surface area contributed by atoms with Crippen LogP contribution in [0.15, 0.2) is 4.99 Å². The van der Waals surface area contributed by atoms with Gasteiger partial charge in [-0.25, -0.2) is 0 Å².